The van der Waals surface area contributed by atoms with Crippen LogP contribution >= 0.6 is 0 Å². The second-order valence-electron chi connectivity index (χ2n) is 7.75. The van der Waals surface area contributed by atoms with Gasteiger partial charge in [0, 0.05) is 49.3 Å². The van der Waals surface area contributed by atoms with Crippen LogP contribution in [0.15, 0.2) is 41.5 Å². The van der Waals surface area contributed by atoms with Gasteiger partial charge in [-0.25, -0.2) is 9.48 Å². The molecule has 2 aromatic heterocycles. The quantitative estimate of drug-likeness (QED) is 0.825. The first-order valence-electron chi connectivity index (χ1n) is 10.3. The van der Waals surface area contributed by atoms with E-state index in [0.717, 1.165) is 49.8 Å². The number of carbonyl (C=O) groups is 1. The molecule has 2 aromatic rings. The molecule has 1 saturated carbocycles. The highest BCUT2D eigenvalue weighted by atomic mass is 16.5. The van der Waals surface area contributed by atoms with Crippen molar-refractivity contribution in [3.05, 3.63) is 47.0 Å². The normalized spacial score (nSPS) is 22.8. The van der Waals surface area contributed by atoms with Crippen molar-refractivity contribution in [1.29, 1.82) is 0 Å². The Labute approximate surface area is 169 Å². The average Bonchev–Trinajstić information content (AvgIpc) is 2.76. The van der Waals surface area contributed by atoms with Gasteiger partial charge in [0.05, 0.1) is 11.7 Å². The highest BCUT2D eigenvalue weighted by Gasteiger charge is 2.26. The standard InChI is InChI=1S/C21H27N5O3/c27-20-8-7-19(15-2-1-11-22-14-15)25-26(20)18-5-3-16(4-6-18)23-21(28)24-17-9-12-29-13-10-17/h1-2,7-8,11,14,16-18H,3-6,9-10,12-13H2,(H2,23,24,28). The SMILES string of the molecule is O=C(NC1CCOCC1)NC1CCC(n2nc(-c3cccnc3)ccc2=O)CC1. The van der Waals surface area contributed by atoms with Crippen LogP contribution in [0.2, 0.25) is 0 Å². The van der Waals surface area contributed by atoms with Gasteiger partial charge in [0.1, 0.15) is 0 Å². The molecule has 0 spiro atoms. The summed E-state index contributed by atoms with van der Waals surface area (Å²) in [6, 6.07) is 7.37. The molecule has 2 aliphatic rings. The first kappa shape index (κ1) is 19.6. The number of hydrogen-bond acceptors (Lipinski definition) is 5. The molecule has 1 saturated heterocycles. The van der Waals surface area contributed by atoms with Gasteiger partial charge in [-0.15, -0.1) is 0 Å². The number of carbonyl (C=O) groups excluding carboxylic acids is 1. The van der Waals surface area contributed by atoms with Crippen LogP contribution in [0, 0.1) is 0 Å². The molecular weight excluding hydrogens is 370 g/mol. The van der Waals surface area contributed by atoms with Gasteiger partial charge < -0.3 is 15.4 Å². The summed E-state index contributed by atoms with van der Waals surface area (Å²) in [7, 11) is 0. The molecule has 8 nitrogen and oxygen atoms in total. The van der Waals surface area contributed by atoms with Crippen molar-refractivity contribution in [3.8, 4) is 11.3 Å². The summed E-state index contributed by atoms with van der Waals surface area (Å²) in [5.41, 5.74) is 1.54. The molecule has 1 aliphatic heterocycles. The third-order valence-corrected chi connectivity index (χ3v) is 5.72. The number of hydrogen-bond donors (Lipinski definition) is 2. The Morgan fingerprint density at radius 3 is 2.41 bits per heavy atom. The van der Waals surface area contributed by atoms with E-state index in [4.69, 9.17) is 4.74 Å². The summed E-state index contributed by atoms with van der Waals surface area (Å²) >= 11 is 0. The van der Waals surface area contributed by atoms with Crippen LogP contribution in [0.3, 0.4) is 0 Å². The smallest absolute Gasteiger partial charge is 0.315 e. The predicted octanol–water partition coefficient (Wildman–Crippen LogP) is 2.27. The lowest BCUT2D eigenvalue weighted by Crippen LogP contribution is -2.48. The van der Waals surface area contributed by atoms with Crippen molar-refractivity contribution in [3.63, 3.8) is 0 Å². The third kappa shape index (κ3) is 5.00. The zero-order valence-corrected chi connectivity index (χ0v) is 16.4. The van der Waals surface area contributed by atoms with Crippen molar-refractivity contribution in [2.75, 3.05) is 13.2 Å². The van der Waals surface area contributed by atoms with Gasteiger partial charge in [-0.1, -0.05) is 0 Å². The van der Waals surface area contributed by atoms with Crippen LogP contribution in [-0.4, -0.2) is 46.1 Å². The van der Waals surface area contributed by atoms with Crippen molar-refractivity contribution in [2.24, 2.45) is 0 Å². The van der Waals surface area contributed by atoms with E-state index in [1.54, 1.807) is 29.2 Å². The molecule has 8 heteroatoms. The van der Waals surface area contributed by atoms with Crippen LogP contribution in [0.1, 0.15) is 44.6 Å². The lowest BCUT2D eigenvalue weighted by atomic mass is 9.91. The Kier molecular flexibility index (Phi) is 6.19. The molecule has 2 amide bonds. The minimum absolute atomic E-state index is 0.0516. The lowest BCUT2D eigenvalue weighted by molar-refractivity contribution is 0.0798. The van der Waals surface area contributed by atoms with E-state index in [0.29, 0.717) is 13.2 Å². The second-order valence-corrected chi connectivity index (χ2v) is 7.75. The molecule has 0 bridgehead atoms. The summed E-state index contributed by atoms with van der Waals surface area (Å²) in [5.74, 6) is 0. The van der Waals surface area contributed by atoms with Crippen LogP contribution in [0.5, 0.6) is 0 Å². The van der Waals surface area contributed by atoms with Crippen molar-refractivity contribution < 1.29 is 9.53 Å². The molecule has 1 aliphatic carbocycles. The Bertz CT molecular complexity index is 871. The summed E-state index contributed by atoms with van der Waals surface area (Å²) in [5, 5.41) is 10.7. The van der Waals surface area contributed by atoms with Gasteiger partial charge in [0.2, 0.25) is 0 Å². The molecule has 0 atom stereocenters. The topological polar surface area (TPSA) is 98.1 Å². The Balaban J connectivity index is 1.33. The molecule has 0 radical (unpaired) electrons. The second kappa shape index (κ2) is 9.17. The molecule has 2 fully saturated rings. The van der Waals surface area contributed by atoms with E-state index in [1.807, 2.05) is 12.1 Å². The van der Waals surface area contributed by atoms with E-state index in [9.17, 15) is 9.59 Å². The summed E-state index contributed by atoms with van der Waals surface area (Å²) in [4.78, 5) is 28.8. The molecule has 0 aromatic carbocycles. The lowest BCUT2D eigenvalue weighted by Gasteiger charge is -2.30. The van der Waals surface area contributed by atoms with Gasteiger partial charge >= 0.3 is 6.03 Å². The van der Waals surface area contributed by atoms with Crippen LogP contribution in [-0.2, 0) is 4.74 Å². The third-order valence-electron chi connectivity index (χ3n) is 5.72. The number of aromatic nitrogens is 3. The monoisotopic (exact) mass is 397 g/mol. The Morgan fingerprint density at radius 2 is 1.72 bits per heavy atom. The number of rotatable bonds is 4. The molecule has 3 heterocycles. The highest BCUT2D eigenvalue weighted by Crippen LogP contribution is 2.27. The fourth-order valence-electron chi connectivity index (χ4n) is 4.07. The molecule has 4 rings (SSSR count). The van der Waals surface area contributed by atoms with Crippen LogP contribution in [0.4, 0.5) is 4.79 Å². The zero-order chi connectivity index (χ0) is 20.1. The van der Waals surface area contributed by atoms with Gasteiger partial charge in [-0.05, 0) is 56.7 Å². The maximum Gasteiger partial charge on any atom is 0.315 e. The van der Waals surface area contributed by atoms with Gasteiger partial charge in [-0.2, -0.15) is 5.10 Å². The first-order chi connectivity index (χ1) is 14.2. The summed E-state index contributed by atoms with van der Waals surface area (Å²) < 4.78 is 6.92. The van der Waals surface area contributed by atoms with E-state index in [1.165, 1.54) is 0 Å². The van der Waals surface area contributed by atoms with E-state index < -0.39 is 0 Å². The number of nitrogens with one attached hydrogen (secondary N) is 2. The maximum absolute atomic E-state index is 12.4. The minimum Gasteiger partial charge on any atom is -0.381 e. The fourth-order valence-corrected chi connectivity index (χ4v) is 4.07. The summed E-state index contributed by atoms with van der Waals surface area (Å²) in [6.45, 7) is 1.41. The largest absolute Gasteiger partial charge is 0.381 e. The van der Waals surface area contributed by atoms with Gasteiger partial charge in [-0.3, -0.25) is 9.78 Å². The minimum atomic E-state index is -0.103. The molecule has 0 unspecified atom stereocenters. The number of ether oxygens (including phenoxy) is 1. The first-order valence-corrected chi connectivity index (χ1v) is 10.3. The molecule has 154 valence electrons. The van der Waals surface area contributed by atoms with Crippen LogP contribution in [0.25, 0.3) is 11.3 Å². The van der Waals surface area contributed by atoms with Crippen molar-refractivity contribution >= 4 is 6.03 Å². The Hall–Kier alpha value is -2.74. The maximum atomic E-state index is 12.4. The van der Waals surface area contributed by atoms with Crippen molar-refractivity contribution in [1.82, 2.24) is 25.4 Å². The zero-order valence-electron chi connectivity index (χ0n) is 16.4. The number of pyridine rings is 1. The Morgan fingerprint density at radius 1 is 1.00 bits per heavy atom. The molecular formula is C21H27N5O3. The molecule has 2 N–H and O–H groups in total. The summed E-state index contributed by atoms with van der Waals surface area (Å²) in [6.07, 6.45) is 8.47. The number of nitrogens with zero attached hydrogens (tertiary/aromatic N) is 3. The fraction of sp³-hybridized carbons (Fsp3) is 0.524. The van der Waals surface area contributed by atoms with Gasteiger partial charge in [0.15, 0.2) is 0 Å². The highest BCUT2D eigenvalue weighted by molar-refractivity contribution is 5.74. The average molecular weight is 397 g/mol. The van der Waals surface area contributed by atoms with E-state index in [2.05, 4.69) is 20.7 Å². The van der Waals surface area contributed by atoms with Crippen molar-refractivity contribution in [2.45, 2.75) is 56.7 Å². The predicted molar refractivity (Wildman–Crippen MR) is 109 cm³/mol. The number of urea groups is 1. The van der Waals surface area contributed by atoms with E-state index >= 15 is 0 Å². The molecule has 29 heavy (non-hydrogen) atoms. The van der Waals surface area contributed by atoms with Gasteiger partial charge in [0.25, 0.3) is 5.56 Å². The number of amides is 2. The van der Waals surface area contributed by atoms with Crippen LogP contribution < -0.4 is 16.2 Å². The van der Waals surface area contributed by atoms with E-state index in [-0.39, 0.29) is 29.7 Å².